The molecule has 1 saturated heterocycles. The van der Waals surface area contributed by atoms with Crippen molar-refractivity contribution in [2.45, 2.75) is 78.6 Å². The molecule has 0 saturated carbocycles. The largest absolute Gasteiger partial charge is 0.465 e. The zero-order valence-corrected chi connectivity index (χ0v) is 15.6. The highest BCUT2D eigenvalue weighted by Crippen LogP contribution is 2.22. The number of carbonyl (C=O) groups excluding carboxylic acids is 2. The van der Waals surface area contributed by atoms with E-state index < -0.39 is 5.60 Å². The molecule has 1 heterocycles. The van der Waals surface area contributed by atoms with Crippen molar-refractivity contribution >= 4 is 12.1 Å². The fourth-order valence-corrected chi connectivity index (χ4v) is 3.11. The van der Waals surface area contributed by atoms with Crippen LogP contribution in [0.5, 0.6) is 0 Å². The zero-order chi connectivity index (χ0) is 17.8. The number of rotatable bonds is 4. The lowest BCUT2D eigenvalue weighted by molar-refractivity contribution is -0.151. The molecule has 134 valence electrons. The summed E-state index contributed by atoms with van der Waals surface area (Å²) in [4.78, 5) is 28.4. The van der Waals surface area contributed by atoms with Crippen LogP contribution in [0.15, 0.2) is 0 Å². The predicted molar refractivity (Wildman–Crippen MR) is 89.3 cm³/mol. The van der Waals surface area contributed by atoms with E-state index in [-0.39, 0.29) is 30.2 Å². The topological polar surface area (TPSA) is 59.1 Å². The highest BCUT2D eigenvalue weighted by Gasteiger charge is 2.39. The van der Waals surface area contributed by atoms with Crippen LogP contribution in [0.3, 0.4) is 0 Å². The van der Waals surface area contributed by atoms with Gasteiger partial charge in [-0.15, -0.1) is 0 Å². The van der Waals surface area contributed by atoms with Gasteiger partial charge in [0, 0.05) is 25.2 Å². The summed E-state index contributed by atoms with van der Waals surface area (Å²) in [6, 6.07) is -0.283. The maximum atomic E-state index is 12.4. The van der Waals surface area contributed by atoms with Crippen molar-refractivity contribution < 1.29 is 19.1 Å². The van der Waals surface area contributed by atoms with Crippen LogP contribution >= 0.6 is 0 Å². The average Bonchev–Trinajstić information content (AvgIpc) is 2.36. The van der Waals surface area contributed by atoms with E-state index in [0.717, 1.165) is 0 Å². The molecule has 1 fully saturated rings. The second-order valence-electron chi connectivity index (χ2n) is 7.22. The van der Waals surface area contributed by atoms with Crippen molar-refractivity contribution in [3.05, 3.63) is 0 Å². The summed E-state index contributed by atoms with van der Waals surface area (Å²) in [6.45, 7) is 15.0. The third kappa shape index (κ3) is 5.37. The van der Waals surface area contributed by atoms with Gasteiger partial charge in [-0.1, -0.05) is 6.92 Å². The van der Waals surface area contributed by atoms with Gasteiger partial charge in [-0.2, -0.15) is 0 Å². The normalized spacial score (nSPS) is 24.2. The lowest BCUT2D eigenvalue weighted by Gasteiger charge is -2.46. The first-order chi connectivity index (χ1) is 10.6. The predicted octanol–water partition coefficient (Wildman–Crippen LogP) is 2.66. The summed E-state index contributed by atoms with van der Waals surface area (Å²) in [5.41, 5.74) is -0.509. The van der Waals surface area contributed by atoms with Gasteiger partial charge in [-0.25, -0.2) is 4.79 Å². The summed E-state index contributed by atoms with van der Waals surface area (Å²) < 4.78 is 10.7. The molecule has 1 rings (SSSR count). The van der Waals surface area contributed by atoms with Gasteiger partial charge in [0.1, 0.15) is 11.6 Å². The van der Waals surface area contributed by atoms with Crippen LogP contribution in [0.25, 0.3) is 0 Å². The number of ether oxygens (including phenoxy) is 2. The first kappa shape index (κ1) is 19.7. The van der Waals surface area contributed by atoms with Gasteiger partial charge >= 0.3 is 12.1 Å². The zero-order valence-electron chi connectivity index (χ0n) is 15.6. The molecule has 0 aliphatic carbocycles. The van der Waals surface area contributed by atoms with E-state index in [1.807, 2.05) is 48.5 Å². The lowest BCUT2D eigenvalue weighted by Crippen LogP contribution is -2.62. The van der Waals surface area contributed by atoms with E-state index in [0.29, 0.717) is 26.1 Å². The van der Waals surface area contributed by atoms with Gasteiger partial charge < -0.3 is 14.4 Å². The lowest BCUT2D eigenvalue weighted by atomic mass is 10.0. The standard InChI is InChI=1S/C17H32N2O4/c1-8-14(15(20)22-9-2)18-10-12(3)19(13(4)11-18)16(21)23-17(5,6)7/h12-14H,8-11H2,1-7H3/t12-,13-,14-/m1/s1. The van der Waals surface area contributed by atoms with Crippen LogP contribution in [-0.2, 0) is 14.3 Å². The van der Waals surface area contributed by atoms with Crippen LogP contribution in [0, 0.1) is 0 Å². The number of esters is 1. The number of nitrogens with zero attached hydrogens (tertiary/aromatic N) is 2. The summed E-state index contributed by atoms with van der Waals surface area (Å²) in [6.07, 6.45) is 0.409. The SMILES string of the molecule is CCOC(=O)[C@@H](CC)N1C[C@@H](C)N(C(=O)OC(C)(C)C)[C@H](C)C1. The number of carbonyl (C=O) groups is 2. The summed E-state index contributed by atoms with van der Waals surface area (Å²) in [5.74, 6) is -0.180. The molecule has 6 nitrogen and oxygen atoms in total. The van der Waals surface area contributed by atoms with Gasteiger partial charge in [0.25, 0.3) is 0 Å². The molecule has 6 heteroatoms. The molecule has 0 aromatic heterocycles. The van der Waals surface area contributed by atoms with Crippen molar-refractivity contribution in [3.8, 4) is 0 Å². The van der Waals surface area contributed by atoms with Crippen LogP contribution in [0.2, 0.25) is 0 Å². The van der Waals surface area contributed by atoms with Crippen molar-refractivity contribution in [1.82, 2.24) is 9.80 Å². The molecule has 0 radical (unpaired) electrons. The Morgan fingerprint density at radius 3 is 2.04 bits per heavy atom. The minimum atomic E-state index is -0.509. The van der Waals surface area contributed by atoms with E-state index >= 15 is 0 Å². The van der Waals surface area contributed by atoms with Gasteiger partial charge in [0.15, 0.2) is 0 Å². The third-order valence-electron chi connectivity index (χ3n) is 3.94. The highest BCUT2D eigenvalue weighted by molar-refractivity contribution is 5.76. The fourth-order valence-electron chi connectivity index (χ4n) is 3.11. The molecule has 1 aliphatic rings. The van der Waals surface area contributed by atoms with Crippen LogP contribution in [-0.4, -0.2) is 65.3 Å². The van der Waals surface area contributed by atoms with E-state index in [1.165, 1.54) is 0 Å². The van der Waals surface area contributed by atoms with Crippen molar-refractivity contribution in [2.24, 2.45) is 0 Å². The van der Waals surface area contributed by atoms with E-state index in [1.54, 1.807) is 4.90 Å². The second-order valence-corrected chi connectivity index (χ2v) is 7.22. The number of hydrogen-bond acceptors (Lipinski definition) is 5. The third-order valence-corrected chi connectivity index (χ3v) is 3.94. The highest BCUT2D eigenvalue weighted by atomic mass is 16.6. The smallest absolute Gasteiger partial charge is 0.410 e. The van der Waals surface area contributed by atoms with Crippen molar-refractivity contribution in [2.75, 3.05) is 19.7 Å². The first-order valence-electron chi connectivity index (χ1n) is 8.52. The fraction of sp³-hybridized carbons (Fsp3) is 0.882. The Labute approximate surface area is 140 Å². The number of hydrogen-bond donors (Lipinski definition) is 0. The molecule has 3 atom stereocenters. The summed E-state index contributed by atoms with van der Waals surface area (Å²) >= 11 is 0. The molecule has 0 spiro atoms. The molecule has 0 aromatic carbocycles. The molecule has 1 amide bonds. The first-order valence-corrected chi connectivity index (χ1v) is 8.52. The molecular formula is C17H32N2O4. The van der Waals surface area contributed by atoms with Crippen molar-refractivity contribution in [3.63, 3.8) is 0 Å². The van der Waals surface area contributed by atoms with E-state index in [2.05, 4.69) is 4.90 Å². The number of amides is 1. The quantitative estimate of drug-likeness (QED) is 0.743. The Hall–Kier alpha value is -1.30. The Morgan fingerprint density at radius 2 is 1.65 bits per heavy atom. The monoisotopic (exact) mass is 328 g/mol. The van der Waals surface area contributed by atoms with Crippen molar-refractivity contribution in [1.29, 1.82) is 0 Å². The Kier molecular flexibility index (Phi) is 6.86. The van der Waals surface area contributed by atoms with Gasteiger partial charge in [0.05, 0.1) is 6.61 Å². The molecular weight excluding hydrogens is 296 g/mol. The van der Waals surface area contributed by atoms with Gasteiger partial charge in [0.2, 0.25) is 0 Å². The minimum Gasteiger partial charge on any atom is -0.465 e. The molecule has 1 aliphatic heterocycles. The van der Waals surface area contributed by atoms with Crippen LogP contribution in [0.1, 0.15) is 54.9 Å². The van der Waals surface area contributed by atoms with E-state index in [4.69, 9.17) is 9.47 Å². The maximum Gasteiger partial charge on any atom is 0.410 e. The second kappa shape index (κ2) is 7.99. The Morgan fingerprint density at radius 1 is 1.13 bits per heavy atom. The molecule has 0 N–H and O–H groups in total. The van der Waals surface area contributed by atoms with Crippen LogP contribution in [0.4, 0.5) is 4.79 Å². The molecule has 0 aromatic rings. The summed E-state index contributed by atoms with van der Waals surface area (Å²) in [7, 11) is 0. The molecule has 23 heavy (non-hydrogen) atoms. The van der Waals surface area contributed by atoms with Gasteiger partial charge in [-0.3, -0.25) is 9.69 Å². The Balaban J connectivity index is 2.79. The van der Waals surface area contributed by atoms with E-state index in [9.17, 15) is 9.59 Å². The average molecular weight is 328 g/mol. The molecule has 0 bridgehead atoms. The van der Waals surface area contributed by atoms with Gasteiger partial charge in [-0.05, 0) is 48.0 Å². The molecule has 0 unspecified atom stereocenters. The van der Waals surface area contributed by atoms with Crippen LogP contribution < -0.4 is 0 Å². The Bertz CT molecular complexity index is 407. The maximum absolute atomic E-state index is 12.4. The summed E-state index contributed by atoms with van der Waals surface area (Å²) in [5, 5.41) is 0. The number of piperazine rings is 1. The minimum absolute atomic E-state index is 0.0166.